The Balaban J connectivity index is 2.16. The van der Waals surface area contributed by atoms with E-state index in [1.165, 1.54) is 0 Å². The van der Waals surface area contributed by atoms with Gasteiger partial charge in [-0.3, -0.25) is 4.98 Å². The van der Waals surface area contributed by atoms with E-state index in [2.05, 4.69) is 16.9 Å². The van der Waals surface area contributed by atoms with Crippen molar-refractivity contribution >= 4 is 5.69 Å². The molecule has 0 unspecified atom stereocenters. The average molecular weight is 215 g/mol. The van der Waals surface area contributed by atoms with Crippen LogP contribution in [0.25, 0.3) is 0 Å². The molecule has 4 nitrogen and oxygen atoms in total. The molecule has 0 saturated carbocycles. The fourth-order valence-electron chi connectivity index (χ4n) is 1.29. The Morgan fingerprint density at radius 1 is 1.25 bits per heavy atom. The molecule has 2 N–H and O–H groups in total. The highest BCUT2D eigenvalue weighted by molar-refractivity contribution is 5.37. The van der Waals surface area contributed by atoms with Crippen LogP contribution in [0.2, 0.25) is 0 Å². The second-order valence-corrected chi connectivity index (χ2v) is 3.41. The predicted molar refractivity (Wildman–Crippen MR) is 62.3 cm³/mol. The maximum absolute atomic E-state index is 5.55. The molecule has 0 fully saturated rings. The number of pyridine rings is 2. The van der Waals surface area contributed by atoms with Gasteiger partial charge in [0.05, 0.1) is 18.1 Å². The van der Waals surface area contributed by atoms with Gasteiger partial charge in [-0.2, -0.15) is 0 Å². The summed E-state index contributed by atoms with van der Waals surface area (Å²) in [6, 6.07) is 5.43. The molecule has 0 aromatic carbocycles. The smallest absolute Gasteiger partial charge is 0.219 e. The van der Waals surface area contributed by atoms with Crippen molar-refractivity contribution in [2.45, 2.75) is 13.3 Å². The number of anilines is 1. The van der Waals surface area contributed by atoms with Gasteiger partial charge in [0, 0.05) is 12.3 Å². The molecule has 0 amide bonds. The largest absolute Gasteiger partial charge is 0.437 e. The average Bonchev–Trinajstić information content (AvgIpc) is 2.32. The van der Waals surface area contributed by atoms with E-state index >= 15 is 0 Å². The van der Waals surface area contributed by atoms with Gasteiger partial charge in [0.25, 0.3) is 0 Å². The maximum atomic E-state index is 5.55. The zero-order valence-electron chi connectivity index (χ0n) is 9.05. The number of rotatable bonds is 3. The minimum atomic E-state index is 0.518. The van der Waals surface area contributed by atoms with Crippen molar-refractivity contribution in [2.24, 2.45) is 0 Å². The lowest BCUT2D eigenvalue weighted by molar-refractivity contribution is 0.460. The van der Waals surface area contributed by atoms with E-state index in [1.807, 2.05) is 12.3 Å². The van der Waals surface area contributed by atoms with Crippen molar-refractivity contribution in [1.29, 1.82) is 0 Å². The van der Waals surface area contributed by atoms with Gasteiger partial charge in [-0.25, -0.2) is 4.98 Å². The van der Waals surface area contributed by atoms with Gasteiger partial charge in [-0.15, -0.1) is 0 Å². The Kier molecular flexibility index (Phi) is 3.00. The van der Waals surface area contributed by atoms with Crippen LogP contribution < -0.4 is 10.5 Å². The van der Waals surface area contributed by atoms with Gasteiger partial charge in [-0.05, 0) is 24.1 Å². The Labute approximate surface area is 94.1 Å². The topological polar surface area (TPSA) is 61.0 Å². The van der Waals surface area contributed by atoms with E-state index in [9.17, 15) is 0 Å². The second-order valence-electron chi connectivity index (χ2n) is 3.41. The Morgan fingerprint density at radius 3 is 2.81 bits per heavy atom. The summed E-state index contributed by atoms with van der Waals surface area (Å²) in [5.41, 5.74) is 7.29. The molecular formula is C12H13N3O. The SMILES string of the molecule is CCc1cncc(Oc2ccc(N)cn2)c1. The van der Waals surface area contributed by atoms with Crippen molar-refractivity contribution in [3.63, 3.8) is 0 Å². The van der Waals surface area contributed by atoms with E-state index in [0.717, 1.165) is 12.0 Å². The first kappa shape index (κ1) is 10.4. The first-order valence-corrected chi connectivity index (χ1v) is 5.11. The number of nitrogens with two attached hydrogens (primary N) is 1. The standard InChI is InChI=1S/C12H13N3O/c1-2-9-5-11(8-14-6-9)16-12-4-3-10(13)7-15-12/h3-8H,2,13H2,1H3. The summed E-state index contributed by atoms with van der Waals surface area (Å²) in [4.78, 5) is 8.15. The molecule has 0 aliphatic heterocycles. The van der Waals surface area contributed by atoms with E-state index in [0.29, 0.717) is 17.3 Å². The molecule has 2 aromatic rings. The van der Waals surface area contributed by atoms with Crippen LogP contribution in [0.5, 0.6) is 11.6 Å². The highest BCUT2D eigenvalue weighted by Crippen LogP contribution is 2.19. The molecule has 0 bridgehead atoms. The maximum Gasteiger partial charge on any atom is 0.219 e. The van der Waals surface area contributed by atoms with Crippen molar-refractivity contribution in [2.75, 3.05) is 5.73 Å². The third-order valence-electron chi connectivity index (χ3n) is 2.16. The summed E-state index contributed by atoms with van der Waals surface area (Å²) in [5, 5.41) is 0. The lowest BCUT2D eigenvalue weighted by atomic mass is 10.2. The van der Waals surface area contributed by atoms with Crippen LogP contribution >= 0.6 is 0 Å². The molecule has 16 heavy (non-hydrogen) atoms. The van der Waals surface area contributed by atoms with E-state index in [4.69, 9.17) is 10.5 Å². The fraction of sp³-hybridized carbons (Fsp3) is 0.167. The minimum absolute atomic E-state index is 0.518. The molecule has 2 heterocycles. The Bertz CT molecular complexity index is 468. The normalized spacial score (nSPS) is 10.1. The van der Waals surface area contributed by atoms with E-state index < -0.39 is 0 Å². The summed E-state index contributed by atoms with van der Waals surface area (Å²) in [6.45, 7) is 2.07. The van der Waals surface area contributed by atoms with Crippen LogP contribution in [-0.4, -0.2) is 9.97 Å². The number of hydrogen-bond acceptors (Lipinski definition) is 4. The number of aryl methyl sites for hydroxylation is 1. The van der Waals surface area contributed by atoms with Crippen LogP contribution in [0, 0.1) is 0 Å². The summed E-state index contributed by atoms with van der Waals surface area (Å²) < 4.78 is 5.55. The van der Waals surface area contributed by atoms with Crippen LogP contribution in [0.4, 0.5) is 5.69 Å². The zero-order chi connectivity index (χ0) is 11.4. The molecule has 2 rings (SSSR count). The Morgan fingerprint density at radius 2 is 2.12 bits per heavy atom. The van der Waals surface area contributed by atoms with Gasteiger partial charge in [0.15, 0.2) is 0 Å². The van der Waals surface area contributed by atoms with Gasteiger partial charge >= 0.3 is 0 Å². The lowest BCUT2D eigenvalue weighted by Crippen LogP contribution is -1.92. The first-order valence-electron chi connectivity index (χ1n) is 5.11. The number of hydrogen-bond donors (Lipinski definition) is 1. The lowest BCUT2D eigenvalue weighted by Gasteiger charge is -2.05. The second kappa shape index (κ2) is 4.61. The summed E-state index contributed by atoms with van der Waals surface area (Å²) in [6.07, 6.45) is 5.98. The van der Waals surface area contributed by atoms with Gasteiger partial charge in [-0.1, -0.05) is 6.92 Å². The molecule has 0 aliphatic rings. The molecule has 0 saturated heterocycles. The summed E-state index contributed by atoms with van der Waals surface area (Å²) in [7, 11) is 0. The molecule has 2 aromatic heterocycles. The monoisotopic (exact) mass is 215 g/mol. The van der Waals surface area contributed by atoms with Crippen molar-refractivity contribution < 1.29 is 4.74 Å². The highest BCUT2D eigenvalue weighted by atomic mass is 16.5. The van der Waals surface area contributed by atoms with E-state index in [1.54, 1.807) is 24.5 Å². The van der Waals surface area contributed by atoms with E-state index in [-0.39, 0.29) is 0 Å². The van der Waals surface area contributed by atoms with Crippen LogP contribution in [0.3, 0.4) is 0 Å². The zero-order valence-corrected chi connectivity index (χ0v) is 9.05. The molecule has 82 valence electrons. The van der Waals surface area contributed by atoms with Gasteiger partial charge in [0.1, 0.15) is 5.75 Å². The van der Waals surface area contributed by atoms with Crippen LogP contribution in [-0.2, 0) is 6.42 Å². The molecular weight excluding hydrogens is 202 g/mol. The van der Waals surface area contributed by atoms with Gasteiger partial charge in [0.2, 0.25) is 5.88 Å². The first-order chi connectivity index (χ1) is 7.78. The molecule has 0 aliphatic carbocycles. The van der Waals surface area contributed by atoms with Crippen LogP contribution in [0.15, 0.2) is 36.8 Å². The van der Waals surface area contributed by atoms with Crippen molar-refractivity contribution in [1.82, 2.24) is 9.97 Å². The third kappa shape index (κ3) is 2.48. The van der Waals surface area contributed by atoms with Crippen molar-refractivity contribution in [3.05, 3.63) is 42.4 Å². The highest BCUT2D eigenvalue weighted by Gasteiger charge is 1.99. The number of nitrogen functional groups attached to an aromatic ring is 1. The molecule has 0 spiro atoms. The molecule has 4 heteroatoms. The van der Waals surface area contributed by atoms with Crippen LogP contribution in [0.1, 0.15) is 12.5 Å². The molecule has 0 atom stereocenters. The summed E-state index contributed by atoms with van der Waals surface area (Å²) >= 11 is 0. The predicted octanol–water partition coefficient (Wildman–Crippen LogP) is 2.41. The minimum Gasteiger partial charge on any atom is -0.437 e. The Hall–Kier alpha value is -2.10. The number of nitrogens with zero attached hydrogens (tertiary/aromatic N) is 2. The summed E-state index contributed by atoms with van der Waals surface area (Å²) in [5.74, 6) is 1.21. The molecule has 0 radical (unpaired) electrons. The fourth-order valence-corrected chi connectivity index (χ4v) is 1.29. The quantitative estimate of drug-likeness (QED) is 0.854. The van der Waals surface area contributed by atoms with Crippen molar-refractivity contribution in [3.8, 4) is 11.6 Å². The number of ether oxygens (including phenoxy) is 1. The van der Waals surface area contributed by atoms with Gasteiger partial charge < -0.3 is 10.5 Å². The number of aromatic nitrogens is 2. The third-order valence-corrected chi connectivity index (χ3v) is 2.16.